The average Bonchev–Trinajstić information content (AvgIpc) is 3.22. The van der Waals surface area contributed by atoms with Crippen molar-refractivity contribution in [3.63, 3.8) is 0 Å². The van der Waals surface area contributed by atoms with Crippen molar-refractivity contribution in [2.24, 2.45) is 4.99 Å². The summed E-state index contributed by atoms with van der Waals surface area (Å²) in [7, 11) is 0. The van der Waals surface area contributed by atoms with Crippen LogP contribution < -0.4 is 10.6 Å². The molecule has 0 aliphatic carbocycles. The Balaban J connectivity index is 0.00000341. The molecular formula is C22H38IN5O2S. The number of amides is 1. The number of fused-ring (bicyclic) bond motifs is 2. The summed E-state index contributed by atoms with van der Waals surface area (Å²) < 4.78 is 5.64. The molecule has 3 rings (SSSR count). The van der Waals surface area contributed by atoms with Crippen LogP contribution in [0.25, 0.3) is 0 Å². The van der Waals surface area contributed by atoms with E-state index in [0.717, 1.165) is 48.9 Å². The Hall–Kier alpha value is -1.10. The monoisotopic (exact) mass is 563 g/mol. The molecule has 2 bridgehead atoms. The molecule has 2 atom stereocenters. The number of ether oxygens (including phenoxy) is 1. The topological polar surface area (TPSA) is 78.9 Å². The van der Waals surface area contributed by atoms with Crippen molar-refractivity contribution in [1.29, 1.82) is 0 Å². The third-order valence-corrected chi connectivity index (χ3v) is 6.68. The number of guanidine groups is 1. The lowest BCUT2D eigenvalue weighted by Crippen LogP contribution is -2.55. The molecule has 0 aromatic carbocycles. The number of aromatic nitrogens is 1. The van der Waals surface area contributed by atoms with Crippen LogP contribution in [0.2, 0.25) is 0 Å². The van der Waals surface area contributed by atoms with E-state index < -0.39 is 5.60 Å². The highest BCUT2D eigenvalue weighted by atomic mass is 127. The predicted molar refractivity (Wildman–Crippen MR) is 137 cm³/mol. The van der Waals surface area contributed by atoms with E-state index in [0.29, 0.717) is 18.5 Å². The Morgan fingerprint density at radius 1 is 1.32 bits per heavy atom. The van der Waals surface area contributed by atoms with Crippen molar-refractivity contribution in [2.75, 3.05) is 6.54 Å². The van der Waals surface area contributed by atoms with Gasteiger partial charge in [-0.3, -0.25) is 0 Å². The van der Waals surface area contributed by atoms with Crippen molar-refractivity contribution in [1.82, 2.24) is 20.5 Å². The molecule has 2 N–H and O–H groups in total. The number of nitrogens with zero attached hydrogens (tertiary/aromatic N) is 3. The van der Waals surface area contributed by atoms with Crippen molar-refractivity contribution in [3.05, 3.63) is 16.1 Å². The number of nitrogens with one attached hydrogen (secondary N) is 2. The van der Waals surface area contributed by atoms with E-state index >= 15 is 0 Å². The van der Waals surface area contributed by atoms with Gasteiger partial charge in [0.05, 0.1) is 17.2 Å². The molecule has 1 aromatic rings. The van der Waals surface area contributed by atoms with Crippen molar-refractivity contribution in [3.8, 4) is 0 Å². The first kappa shape index (κ1) is 26.2. The number of hydrogen-bond donors (Lipinski definition) is 2. The number of rotatable bonds is 5. The van der Waals surface area contributed by atoms with E-state index in [-0.39, 0.29) is 42.2 Å². The third-order valence-electron chi connectivity index (χ3n) is 5.49. The second-order valence-electron chi connectivity index (χ2n) is 9.61. The Bertz CT molecular complexity index is 747. The van der Waals surface area contributed by atoms with Gasteiger partial charge in [-0.25, -0.2) is 14.8 Å². The number of carbonyl (C=O) groups excluding carboxylic acids is 1. The molecule has 0 saturated carbocycles. The first-order valence-electron chi connectivity index (χ1n) is 11.2. The molecule has 31 heavy (non-hydrogen) atoms. The highest BCUT2D eigenvalue weighted by Gasteiger charge is 2.45. The SMILES string of the molecule is CCNC(=NCc1csc(C(C)C)n1)NC1CC2CCC(C1)N2C(=O)OC(C)(C)C.I. The molecule has 3 heterocycles. The van der Waals surface area contributed by atoms with Gasteiger partial charge in [0.15, 0.2) is 5.96 Å². The summed E-state index contributed by atoms with van der Waals surface area (Å²) >= 11 is 1.70. The van der Waals surface area contributed by atoms with Gasteiger partial charge in [0.25, 0.3) is 0 Å². The second-order valence-corrected chi connectivity index (χ2v) is 10.5. The lowest BCUT2D eigenvalue weighted by atomic mass is 9.98. The zero-order chi connectivity index (χ0) is 21.9. The van der Waals surface area contributed by atoms with Gasteiger partial charge in [-0.05, 0) is 53.4 Å². The zero-order valence-corrected chi connectivity index (χ0v) is 22.8. The van der Waals surface area contributed by atoms with Gasteiger partial charge >= 0.3 is 6.09 Å². The fourth-order valence-electron chi connectivity index (χ4n) is 4.24. The quantitative estimate of drug-likeness (QED) is 0.304. The van der Waals surface area contributed by atoms with E-state index in [4.69, 9.17) is 9.73 Å². The molecule has 2 fully saturated rings. The van der Waals surface area contributed by atoms with Crippen LogP contribution >= 0.6 is 35.3 Å². The maximum Gasteiger partial charge on any atom is 0.410 e. The maximum atomic E-state index is 12.7. The number of piperidine rings is 1. The Morgan fingerprint density at radius 2 is 1.97 bits per heavy atom. The summed E-state index contributed by atoms with van der Waals surface area (Å²) in [6.45, 7) is 13.6. The number of aliphatic imine (C=N–C) groups is 1. The molecule has 9 heteroatoms. The van der Waals surface area contributed by atoms with Crippen LogP contribution in [0, 0.1) is 0 Å². The molecule has 2 unspecified atom stereocenters. The Labute approximate surface area is 207 Å². The molecule has 2 saturated heterocycles. The fraction of sp³-hybridized carbons (Fsp3) is 0.773. The predicted octanol–water partition coefficient (Wildman–Crippen LogP) is 4.87. The molecule has 0 spiro atoms. The number of halogens is 1. The molecular weight excluding hydrogens is 525 g/mol. The van der Waals surface area contributed by atoms with Crippen LogP contribution in [0.3, 0.4) is 0 Å². The summed E-state index contributed by atoms with van der Waals surface area (Å²) in [5.41, 5.74) is 0.558. The van der Waals surface area contributed by atoms with Gasteiger partial charge in [-0.15, -0.1) is 35.3 Å². The first-order chi connectivity index (χ1) is 14.2. The van der Waals surface area contributed by atoms with Crippen molar-refractivity contribution < 1.29 is 9.53 Å². The van der Waals surface area contributed by atoms with Crippen LogP contribution in [0.1, 0.15) is 83.8 Å². The van der Waals surface area contributed by atoms with Crippen molar-refractivity contribution in [2.45, 2.75) is 103 Å². The van der Waals surface area contributed by atoms with E-state index in [1.165, 1.54) is 0 Å². The summed E-state index contributed by atoms with van der Waals surface area (Å²) in [5.74, 6) is 1.27. The zero-order valence-electron chi connectivity index (χ0n) is 19.6. The van der Waals surface area contributed by atoms with Crippen LogP contribution in [-0.4, -0.2) is 52.2 Å². The lowest BCUT2D eigenvalue weighted by Gasteiger charge is -2.40. The van der Waals surface area contributed by atoms with E-state index in [9.17, 15) is 4.79 Å². The van der Waals surface area contributed by atoms with Gasteiger partial charge in [0.2, 0.25) is 0 Å². The molecule has 7 nitrogen and oxygen atoms in total. The molecule has 2 aliphatic heterocycles. The highest BCUT2D eigenvalue weighted by molar-refractivity contribution is 14.0. The molecule has 0 radical (unpaired) electrons. The third kappa shape index (κ3) is 7.20. The normalized spacial score (nSPS) is 23.5. The standard InChI is InChI=1S/C22H37N5O2S.HI/c1-7-23-20(24-12-16-13-30-19(25-16)14(2)3)26-15-10-17-8-9-18(11-15)27(17)21(28)29-22(4,5)6;/h13-15,17-18H,7-12H2,1-6H3,(H2,23,24,26);1H. The lowest BCUT2D eigenvalue weighted by molar-refractivity contribution is 0.00545. The van der Waals surface area contributed by atoms with Gasteiger partial charge in [0, 0.05) is 36.0 Å². The van der Waals surface area contributed by atoms with Gasteiger partial charge in [0.1, 0.15) is 5.60 Å². The molecule has 2 aliphatic rings. The minimum atomic E-state index is -0.457. The minimum Gasteiger partial charge on any atom is -0.444 e. The van der Waals surface area contributed by atoms with Gasteiger partial charge < -0.3 is 20.3 Å². The van der Waals surface area contributed by atoms with Gasteiger partial charge in [-0.2, -0.15) is 0 Å². The smallest absolute Gasteiger partial charge is 0.410 e. The molecule has 1 aromatic heterocycles. The average molecular weight is 564 g/mol. The second kappa shape index (κ2) is 11.2. The van der Waals surface area contributed by atoms with Crippen LogP contribution in [0.4, 0.5) is 4.79 Å². The summed E-state index contributed by atoms with van der Waals surface area (Å²) in [5, 5.41) is 10.2. The Kier molecular flexibility index (Phi) is 9.41. The highest BCUT2D eigenvalue weighted by Crippen LogP contribution is 2.36. The van der Waals surface area contributed by atoms with E-state index in [1.54, 1.807) is 11.3 Å². The summed E-state index contributed by atoms with van der Waals surface area (Å²) in [6.07, 6.45) is 3.78. The number of thiazole rings is 1. The summed E-state index contributed by atoms with van der Waals surface area (Å²) in [4.78, 5) is 24.1. The van der Waals surface area contributed by atoms with E-state index in [2.05, 4.69) is 41.8 Å². The number of hydrogen-bond acceptors (Lipinski definition) is 5. The summed E-state index contributed by atoms with van der Waals surface area (Å²) in [6, 6.07) is 0.790. The minimum absolute atomic E-state index is 0. The van der Waals surface area contributed by atoms with E-state index in [1.807, 2.05) is 25.7 Å². The maximum absolute atomic E-state index is 12.7. The van der Waals surface area contributed by atoms with Crippen LogP contribution in [-0.2, 0) is 11.3 Å². The first-order valence-corrected chi connectivity index (χ1v) is 12.0. The van der Waals surface area contributed by atoms with Crippen LogP contribution in [0.5, 0.6) is 0 Å². The van der Waals surface area contributed by atoms with Crippen LogP contribution in [0.15, 0.2) is 10.4 Å². The van der Waals surface area contributed by atoms with Gasteiger partial charge in [-0.1, -0.05) is 13.8 Å². The fourth-order valence-corrected chi connectivity index (χ4v) is 5.07. The van der Waals surface area contributed by atoms with Crippen molar-refractivity contribution >= 4 is 47.4 Å². The number of carbonyl (C=O) groups is 1. The molecule has 1 amide bonds. The Morgan fingerprint density at radius 3 is 2.48 bits per heavy atom. The molecule has 176 valence electrons. The largest absolute Gasteiger partial charge is 0.444 e.